The van der Waals surface area contributed by atoms with Crippen molar-refractivity contribution in [2.75, 3.05) is 0 Å². The third kappa shape index (κ3) is 2.04. The maximum atomic E-state index is 9.20. The molecule has 2 aromatic heterocycles. The van der Waals surface area contributed by atoms with Crippen LogP contribution >= 0.6 is 0 Å². The van der Waals surface area contributed by atoms with Crippen LogP contribution in [0.15, 0.2) is 48.8 Å². The lowest BCUT2D eigenvalue weighted by molar-refractivity contribution is 0.806. The van der Waals surface area contributed by atoms with Gasteiger partial charge in [-0.1, -0.05) is 22.9 Å². The highest BCUT2D eigenvalue weighted by atomic mass is 15.4. The van der Waals surface area contributed by atoms with Crippen molar-refractivity contribution in [2.24, 2.45) is 0 Å². The Hall–Kier alpha value is -3.00. The molecule has 0 aliphatic heterocycles. The van der Waals surface area contributed by atoms with Crippen LogP contribution < -0.4 is 0 Å². The van der Waals surface area contributed by atoms with Gasteiger partial charge in [0.2, 0.25) is 0 Å². The molecular weight excluding hydrogens is 250 g/mol. The fourth-order valence-corrected chi connectivity index (χ4v) is 1.99. The van der Waals surface area contributed by atoms with Gasteiger partial charge in [-0.05, 0) is 31.2 Å². The highest BCUT2D eigenvalue weighted by Crippen LogP contribution is 2.24. The topological polar surface area (TPSA) is 67.4 Å². The minimum atomic E-state index is 0.290. The number of hydrogen-bond acceptors (Lipinski definition) is 4. The van der Waals surface area contributed by atoms with Gasteiger partial charge in [0.05, 0.1) is 5.69 Å². The molecule has 0 fully saturated rings. The number of nitriles is 1. The molecule has 0 aliphatic rings. The number of aromatic nitrogens is 4. The zero-order valence-electron chi connectivity index (χ0n) is 10.9. The van der Waals surface area contributed by atoms with E-state index in [1.54, 1.807) is 17.1 Å². The molecule has 2 heterocycles. The summed E-state index contributed by atoms with van der Waals surface area (Å²) in [6.45, 7) is 2.02. The van der Waals surface area contributed by atoms with Gasteiger partial charge in [-0.2, -0.15) is 5.26 Å². The molecule has 0 unspecified atom stereocenters. The molecule has 3 aromatic rings. The third-order valence-corrected chi connectivity index (χ3v) is 2.99. The molecule has 3 rings (SSSR count). The number of benzene rings is 1. The highest BCUT2D eigenvalue weighted by Gasteiger charge is 2.15. The summed E-state index contributed by atoms with van der Waals surface area (Å²) in [5, 5.41) is 17.2. The lowest BCUT2D eigenvalue weighted by Gasteiger charge is -2.06. The monoisotopic (exact) mass is 261 g/mol. The Morgan fingerprint density at radius 1 is 1.15 bits per heavy atom. The average Bonchev–Trinajstić information content (AvgIpc) is 2.93. The summed E-state index contributed by atoms with van der Waals surface area (Å²) in [5.41, 5.74) is 3.79. The molecule has 0 bridgehead atoms. The molecule has 20 heavy (non-hydrogen) atoms. The molecule has 1 aromatic carbocycles. The van der Waals surface area contributed by atoms with Crippen LogP contribution in [0.4, 0.5) is 0 Å². The summed E-state index contributed by atoms with van der Waals surface area (Å²) in [6, 6.07) is 13.7. The van der Waals surface area contributed by atoms with Crippen LogP contribution in [0.5, 0.6) is 0 Å². The van der Waals surface area contributed by atoms with E-state index in [1.165, 1.54) is 0 Å². The van der Waals surface area contributed by atoms with Gasteiger partial charge in [0.1, 0.15) is 11.8 Å². The van der Waals surface area contributed by atoms with Crippen molar-refractivity contribution in [1.29, 1.82) is 5.26 Å². The van der Waals surface area contributed by atoms with Crippen molar-refractivity contribution < 1.29 is 0 Å². The summed E-state index contributed by atoms with van der Waals surface area (Å²) in [6.07, 6.45) is 3.39. The van der Waals surface area contributed by atoms with E-state index in [-0.39, 0.29) is 0 Å². The zero-order chi connectivity index (χ0) is 13.9. The second-order valence-corrected chi connectivity index (χ2v) is 4.39. The molecule has 0 spiro atoms. The van der Waals surface area contributed by atoms with Crippen LogP contribution in [-0.2, 0) is 0 Å². The quantitative estimate of drug-likeness (QED) is 0.710. The van der Waals surface area contributed by atoms with Crippen LogP contribution in [-0.4, -0.2) is 20.0 Å². The SMILES string of the molecule is Cc1ccc(-n2nnc(C#N)c2-c2cccnc2)cc1. The molecule has 0 saturated carbocycles. The first kappa shape index (κ1) is 12.1. The van der Waals surface area contributed by atoms with Crippen LogP contribution in [0.1, 0.15) is 11.3 Å². The summed E-state index contributed by atoms with van der Waals surface area (Å²) >= 11 is 0. The van der Waals surface area contributed by atoms with E-state index in [9.17, 15) is 5.26 Å². The summed E-state index contributed by atoms with van der Waals surface area (Å²) < 4.78 is 1.66. The minimum absolute atomic E-state index is 0.290. The predicted octanol–water partition coefficient (Wildman–Crippen LogP) is 2.51. The Morgan fingerprint density at radius 3 is 2.60 bits per heavy atom. The van der Waals surface area contributed by atoms with Crippen LogP contribution in [0.3, 0.4) is 0 Å². The lowest BCUT2D eigenvalue weighted by Crippen LogP contribution is -2.00. The maximum Gasteiger partial charge on any atom is 0.191 e. The third-order valence-electron chi connectivity index (χ3n) is 2.99. The van der Waals surface area contributed by atoms with Crippen molar-refractivity contribution in [2.45, 2.75) is 6.92 Å². The van der Waals surface area contributed by atoms with Crippen molar-refractivity contribution in [3.8, 4) is 23.0 Å². The fourth-order valence-electron chi connectivity index (χ4n) is 1.99. The standard InChI is InChI=1S/C15H11N5/c1-11-4-6-13(7-5-11)20-15(14(9-16)18-19-20)12-3-2-8-17-10-12/h2-8,10H,1H3. The smallest absolute Gasteiger partial charge is 0.191 e. The van der Waals surface area contributed by atoms with Crippen LogP contribution in [0, 0.1) is 18.3 Å². The molecule has 0 aliphatic carbocycles. The number of rotatable bonds is 2. The van der Waals surface area contributed by atoms with Crippen molar-refractivity contribution >= 4 is 0 Å². The van der Waals surface area contributed by atoms with Gasteiger partial charge in [-0.15, -0.1) is 5.10 Å². The van der Waals surface area contributed by atoms with Crippen molar-refractivity contribution in [3.63, 3.8) is 0 Å². The normalized spacial score (nSPS) is 10.2. The molecule has 0 N–H and O–H groups in total. The van der Waals surface area contributed by atoms with Gasteiger partial charge in [0.15, 0.2) is 5.69 Å². The van der Waals surface area contributed by atoms with Gasteiger partial charge in [0, 0.05) is 18.0 Å². The van der Waals surface area contributed by atoms with Crippen molar-refractivity contribution in [1.82, 2.24) is 20.0 Å². The molecule has 0 saturated heterocycles. The van der Waals surface area contributed by atoms with E-state index in [4.69, 9.17) is 0 Å². The van der Waals surface area contributed by atoms with E-state index in [1.807, 2.05) is 43.3 Å². The maximum absolute atomic E-state index is 9.20. The number of nitrogens with zero attached hydrogens (tertiary/aromatic N) is 5. The first-order valence-electron chi connectivity index (χ1n) is 6.13. The van der Waals surface area contributed by atoms with E-state index in [2.05, 4.69) is 21.4 Å². The second kappa shape index (κ2) is 4.94. The average molecular weight is 261 g/mol. The molecular formula is C15H11N5. The van der Waals surface area contributed by atoms with Gasteiger partial charge >= 0.3 is 0 Å². The molecule has 0 atom stereocenters. The molecule has 5 heteroatoms. The summed E-state index contributed by atoms with van der Waals surface area (Å²) in [4.78, 5) is 4.09. The number of aryl methyl sites for hydroxylation is 1. The summed E-state index contributed by atoms with van der Waals surface area (Å²) in [7, 11) is 0. The highest BCUT2D eigenvalue weighted by molar-refractivity contribution is 5.66. The van der Waals surface area contributed by atoms with Crippen LogP contribution in [0.25, 0.3) is 16.9 Å². The Morgan fingerprint density at radius 2 is 1.95 bits per heavy atom. The van der Waals surface area contributed by atoms with E-state index in [0.717, 1.165) is 16.8 Å². The Kier molecular flexibility index (Phi) is 2.98. The molecule has 0 radical (unpaired) electrons. The molecule has 0 amide bonds. The lowest BCUT2D eigenvalue weighted by atomic mass is 10.1. The molecule has 96 valence electrons. The number of pyridine rings is 1. The Labute approximate surface area is 116 Å². The van der Waals surface area contributed by atoms with Crippen LogP contribution in [0.2, 0.25) is 0 Å². The molecule has 5 nitrogen and oxygen atoms in total. The predicted molar refractivity (Wildman–Crippen MR) is 74.0 cm³/mol. The van der Waals surface area contributed by atoms with Gasteiger partial charge in [-0.25, -0.2) is 4.68 Å². The first-order valence-corrected chi connectivity index (χ1v) is 6.13. The van der Waals surface area contributed by atoms with E-state index >= 15 is 0 Å². The zero-order valence-corrected chi connectivity index (χ0v) is 10.9. The van der Waals surface area contributed by atoms with Gasteiger partial charge in [0.25, 0.3) is 0 Å². The summed E-state index contributed by atoms with van der Waals surface area (Å²) in [5.74, 6) is 0. The Balaban J connectivity index is 2.21. The first-order chi connectivity index (χ1) is 9.79. The van der Waals surface area contributed by atoms with Crippen molar-refractivity contribution in [3.05, 3.63) is 60.0 Å². The number of hydrogen-bond donors (Lipinski definition) is 0. The van der Waals surface area contributed by atoms with E-state index in [0.29, 0.717) is 11.4 Å². The van der Waals surface area contributed by atoms with Gasteiger partial charge < -0.3 is 0 Å². The largest absolute Gasteiger partial charge is 0.264 e. The van der Waals surface area contributed by atoms with E-state index < -0.39 is 0 Å². The fraction of sp³-hybridized carbons (Fsp3) is 0.0667. The minimum Gasteiger partial charge on any atom is -0.264 e. The Bertz CT molecular complexity index is 766. The second-order valence-electron chi connectivity index (χ2n) is 4.39. The van der Waals surface area contributed by atoms with Gasteiger partial charge in [-0.3, -0.25) is 4.98 Å².